The van der Waals surface area contributed by atoms with Crippen LogP contribution in [0.2, 0.25) is 0 Å². The Hall–Kier alpha value is -0.720. The second-order valence-corrected chi connectivity index (χ2v) is 5.06. The molecule has 0 radical (unpaired) electrons. The molecule has 0 aliphatic heterocycles. The Bertz CT molecular complexity index is 300. The van der Waals surface area contributed by atoms with Gasteiger partial charge in [-0.15, -0.1) is 4.52 Å². The summed E-state index contributed by atoms with van der Waals surface area (Å²) < 4.78 is 16.4. The molecule has 14 heavy (non-hydrogen) atoms. The van der Waals surface area contributed by atoms with Crippen LogP contribution in [0, 0.1) is 5.92 Å². The first kappa shape index (κ1) is 11.4. The molecule has 2 nitrogen and oxygen atoms in total. The third-order valence-corrected chi connectivity index (χ3v) is 3.25. The van der Waals surface area contributed by atoms with Crippen LogP contribution in [0.5, 0.6) is 0 Å². The molecule has 0 fully saturated rings. The molecule has 2 atom stereocenters. The summed E-state index contributed by atoms with van der Waals surface area (Å²) in [6, 6.07) is 0. The third kappa shape index (κ3) is 2.90. The predicted octanol–water partition coefficient (Wildman–Crippen LogP) is 3.45. The fourth-order valence-electron chi connectivity index (χ4n) is 1.39. The largest absolute Gasteiger partial charge is 0.520 e. The zero-order valence-electron chi connectivity index (χ0n) is 8.81. The van der Waals surface area contributed by atoms with Crippen molar-refractivity contribution in [3.8, 4) is 0 Å². The fraction of sp³-hybridized carbons (Fsp3) is 0.455. The van der Waals surface area contributed by atoms with E-state index in [9.17, 15) is 4.57 Å². The second kappa shape index (κ2) is 5.23. The molecule has 0 heterocycles. The van der Waals surface area contributed by atoms with E-state index in [1.165, 1.54) is 7.11 Å². The zero-order chi connectivity index (χ0) is 10.6. The Labute approximate surface area is 86.2 Å². The molecular formula is C11H16O2P+. The summed E-state index contributed by atoms with van der Waals surface area (Å²) in [5.74, 6) is 0.462. The van der Waals surface area contributed by atoms with Gasteiger partial charge in [0.25, 0.3) is 0 Å². The second-order valence-electron chi connectivity index (χ2n) is 3.57. The SMILES string of the molecule is CO[P+](=O)C1C=CC=CC1=CC(C)C. The van der Waals surface area contributed by atoms with Crippen molar-refractivity contribution in [1.82, 2.24) is 0 Å². The lowest BCUT2D eigenvalue weighted by Crippen LogP contribution is -2.05. The molecule has 0 N–H and O–H groups in total. The van der Waals surface area contributed by atoms with E-state index in [4.69, 9.17) is 4.52 Å². The number of hydrogen-bond acceptors (Lipinski definition) is 2. The van der Waals surface area contributed by atoms with Crippen LogP contribution in [0.4, 0.5) is 0 Å². The summed E-state index contributed by atoms with van der Waals surface area (Å²) in [6.45, 7) is 4.21. The molecule has 0 spiro atoms. The average Bonchev–Trinajstić information content (AvgIpc) is 2.16. The average molecular weight is 211 g/mol. The van der Waals surface area contributed by atoms with Crippen LogP contribution in [0.3, 0.4) is 0 Å². The Morgan fingerprint density at radius 3 is 2.79 bits per heavy atom. The van der Waals surface area contributed by atoms with Crippen molar-refractivity contribution in [2.24, 2.45) is 5.92 Å². The van der Waals surface area contributed by atoms with Gasteiger partial charge < -0.3 is 0 Å². The van der Waals surface area contributed by atoms with Crippen molar-refractivity contribution in [3.63, 3.8) is 0 Å². The van der Waals surface area contributed by atoms with Crippen LogP contribution in [0.15, 0.2) is 36.0 Å². The highest BCUT2D eigenvalue weighted by Crippen LogP contribution is 2.36. The molecule has 1 aliphatic rings. The molecule has 2 unspecified atom stereocenters. The first-order valence-corrected chi connectivity index (χ1v) is 5.97. The van der Waals surface area contributed by atoms with Crippen LogP contribution in [-0.2, 0) is 9.09 Å². The number of rotatable bonds is 3. The molecular weight excluding hydrogens is 195 g/mol. The highest BCUT2D eigenvalue weighted by atomic mass is 31.1. The normalized spacial score (nSPS) is 24.7. The van der Waals surface area contributed by atoms with Gasteiger partial charge in [-0.2, -0.15) is 0 Å². The standard InChI is InChI=1S/C11H16O2P/c1-9(2)8-10-6-4-5-7-11(10)14(12)13-3/h4-9,11H,1-3H3/q+1. The van der Waals surface area contributed by atoms with Crippen LogP contribution in [0.25, 0.3) is 0 Å². The predicted molar refractivity (Wildman–Crippen MR) is 59.6 cm³/mol. The Kier molecular flexibility index (Phi) is 4.24. The molecule has 0 saturated carbocycles. The summed E-state index contributed by atoms with van der Waals surface area (Å²) in [7, 11) is -0.139. The van der Waals surface area contributed by atoms with E-state index in [0.717, 1.165) is 5.57 Å². The fourth-order valence-corrected chi connectivity index (χ4v) is 2.27. The van der Waals surface area contributed by atoms with Crippen molar-refractivity contribution in [2.75, 3.05) is 7.11 Å². The topological polar surface area (TPSA) is 26.3 Å². The zero-order valence-corrected chi connectivity index (χ0v) is 9.70. The molecule has 1 rings (SSSR count). The van der Waals surface area contributed by atoms with E-state index in [1.54, 1.807) is 0 Å². The van der Waals surface area contributed by atoms with E-state index >= 15 is 0 Å². The van der Waals surface area contributed by atoms with E-state index in [1.807, 2.05) is 24.3 Å². The van der Waals surface area contributed by atoms with Gasteiger partial charge in [0.05, 0.1) is 7.11 Å². The quantitative estimate of drug-likeness (QED) is 0.668. The molecule has 0 saturated heterocycles. The van der Waals surface area contributed by atoms with Gasteiger partial charge in [0, 0.05) is 5.57 Å². The molecule has 0 aromatic carbocycles. The van der Waals surface area contributed by atoms with Gasteiger partial charge in [0.1, 0.15) is 0 Å². The lowest BCUT2D eigenvalue weighted by Gasteiger charge is -2.07. The van der Waals surface area contributed by atoms with Gasteiger partial charge in [0.2, 0.25) is 5.66 Å². The smallest absolute Gasteiger partial charge is 0.149 e. The summed E-state index contributed by atoms with van der Waals surface area (Å²) in [5, 5.41) is 0. The molecule has 0 amide bonds. The van der Waals surface area contributed by atoms with E-state index in [0.29, 0.717) is 5.92 Å². The van der Waals surface area contributed by atoms with E-state index < -0.39 is 8.03 Å². The van der Waals surface area contributed by atoms with Gasteiger partial charge in [-0.1, -0.05) is 38.2 Å². The van der Waals surface area contributed by atoms with Crippen molar-refractivity contribution in [2.45, 2.75) is 19.5 Å². The minimum Gasteiger partial charge on any atom is -0.149 e. The maximum atomic E-state index is 11.6. The maximum absolute atomic E-state index is 11.6. The van der Waals surface area contributed by atoms with Crippen molar-refractivity contribution in [1.29, 1.82) is 0 Å². The third-order valence-electron chi connectivity index (χ3n) is 1.97. The van der Waals surface area contributed by atoms with Crippen LogP contribution in [-0.4, -0.2) is 12.8 Å². The number of allylic oxidation sites excluding steroid dienone is 6. The van der Waals surface area contributed by atoms with Gasteiger partial charge >= 0.3 is 8.03 Å². The lowest BCUT2D eigenvalue weighted by atomic mass is 10.0. The minimum atomic E-state index is -1.62. The van der Waals surface area contributed by atoms with Crippen LogP contribution < -0.4 is 0 Å². The Morgan fingerprint density at radius 1 is 1.50 bits per heavy atom. The van der Waals surface area contributed by atoms with Crippen LogP contribution >= 0.6 is 8.03 Å². The highest BCUT2D eigenvalue weighted by Gasteiger charge is 2.32. The monoisotopic (exact) mass is 211 g/mol. The first-order chi connectivity index (χ1) is 6.65. The van der Waals surface area contributed by atoms with Crippen molar-refractivity contribution in [3.05, 3.63) is 36.0 Å². The van der Waals surface area contributed by atoms with Gasteiger partial charge in [0.15, 0.2) is 0 Å². The summed E-state index contributed by atoms with van der Waals surface area (Å²) in [5.41, 5.74) is 1.01. The van der Waals surface area contributed by atoms with Crippen molar-refractivity contribution >= 4 is 8.03 Å². The van der Waals surface area contributed by atoms with Gasteiger partial charge in [-0.05, 0) is 16.6 Å². The van der Waals surface area contributed by atoms with Gasteiger partial charge in [-0.25, -0.2) is 0 Å². The molecule has 0 aromatic heterocycles. The van der Waals surface area contributed by atoms with Crippen molar-refractivity contribution < 1.29 is 9.09 Å². The van der Waals surface area contributed by atoms with E-state index in [2.05, 4.69) is 19.9 Å². The van der Waals surface area contributed by atoms with E-state index in [-0.39, 0.29) is 5.66 Å². The molecule has 76 valence electrons. The molecule has 3 heteroatoms. The highest BCUT2D eigenvalue weighted by molar-refractivity contribution is 7.40. The summed E-state index contributed by atoms with van der Waals surface area (Å²) >= 11 is 0. The molecule has 0 aromatic rings. The maximum Gasteiger partial charge on any atom is 0.520 e. The van der Waals surface area contributed by atoms with Gasteiger partial charge in [-0.3, -0.25) is 0 Å². The minimum absolute atomic E-state index is 0.0811. The Morgan fingerprint density at radius 2 is 2.21 bits per heavy atom. The summed E-state index contributed by atoms with van der Waals surface area (Å²) in [6.07, 6.45) is 9.92. The lowest BCUT2D eigenvalue weighted by molar-refractivity contribution is 0.412. The molecule has 0 bridgehead atoms. The molecule has 1 aliphatic carbocycles. The number of hydrogen-bond donors (Lipinski definition) is 0. The Balaban J connectivity index is 2.87. The first-order valence-electron chi connectivity index (χ1n) is 4.72. The summed E-state index contributed by atoms with van der Waals surface area (Å²) in [4.78, 5) is 0. The van der Waals surface area contributed by atoms with Crippen LogP contribution in [0.1, 0.15) is 13.8 Å².